The molecule has 0 aliphatic carbocycles. The molecule has 134 valence electrons. The third kappa shape index (κ3) is 8.13. The fraction of sp³-hybridized carbons (Fsp3) is 1.00. The summed E-state index contributed by atoms with van der Waals surface area (Å²) in [5, 5.41) is 0. The minimum atomic E-state index is -3.20. The van der Waals surface area contributed by atoms with E-state index in [4.69, 9.17) is 32.3 Å². The molecule has 0 aliphatic heterocycles. The number of rotatable bonds is 15. The van der Waals surface area contributed by atoms with Crippen molar-refractivity contribution in [2.75, 3.05) is 39.6 Å². The van der Waals surface area contributed by atoms with E-state index in [0.717, 1.165) is 0 Å². The molecule has 0 radical (unpaired) electrons. The maximum absolute atomic E-state index is 6.17. The van der Waals surface area contributed by atoms with Gasteiger partial charge in [0.05, 0.1) is 5.73 Å². The number of hydrogen-bond donors (Lipinski definition) is 1. The molecule has 0 fully saturated rings. The van der Waals surface area contributed by atoms with Gasteiger partial charge in [0.1, 0.15) is 0 Å². The van der Waals surface area contributed by atoms with Crippen molar-refractivity contribution in [3.63, 3.8) is 0 Å². The second-order valence-corrected chi connectivity index (χ2v) is 8.56. The van der Waals surface area contributed by atoms with Gasteiger partial charge in [-0.1, -0.05) is 0 Å². The summed E-state index contributed by atoms with van der Waals surface area (Å²) in [7, 11) is -5.25. The zero-order valence-electron chi connectivity index (χ0n) is 14.6. The molecule has 0 aromatic carbocycles. The topological polar surface area (TPSA) is 81.4 Å². The zero-order chi connectivity index (χ0) is 16.8. The Kier molecular flexibility index (Phi) is 13.7. The Balaban J connectivity index is 5.14. The largest absolute Gasteiger partial charge is 0.679 e. The summed E-state index contributed by atoms with van der Waals surface area (Å²) in [4.78, 5) is 0. The van der Waals surface area contributed by atoms with Crippen LogP contribution in [0.5, 0.6) is 0 Å². The highest BCUT2D eigenvalue weighted by molar-refractivity contribution is 6.55. The van der Waals surface area contributed by atoms with Gasteiger partial charge in [-0.05, 0) is 47.6 Å². The Bertz CT molecular complexity index is 240. The molecule has 22 heavy (non-hydrogen) atoms. The molecule has 1 unspecified atom stereocenters. The Morgan fingerprint density at radius 3 is 1.59 bits per heavy atom. The SMILES string of the molecule is CCO[SiH](OCC)C(CCN)O[Si](OCC)(OCC)OCC. The molecule has 0 saturated carbocycles. The third-order valence-corrected chi connectivity index (χ3v) is 7.87. The highest BCUT2D eigenvalue weighted by Crippen LogP contribution is 2.18. The van der Waals surface area contributed by atoms with Crippen LogP contribution in [-0.2, 0) is 26.6 Å². The molecular formula is C13H33NO6Si2. The van der Waals surface area contributed by atoms with E-state index >= 15 is 0 Å². The van der Waals surface area contributed by atoms with E-state index in [-0.39, 0.29) is 5.73 Å². The molecule has 0 aromatic heterocycles. The molecule has 0 amide bonds. The Morgan fingerprint density at radius 1 is 0.818 bits per heavy atom. The summed E-state index contributed by atoms with van der Waals surface area (Å²) in [6.45, 7) is 12.5. The monoisotopic (exact) mass is 355 g/mol. The summed E-state index contributed by atoms with van der Waals surface area (Å²) < 4.78 is 34.9. The lowest BCUT2D eigenvalue weighted by atomic mass is 10.5. The maximum atomic E-state index is 6.17. The molecule has 2 N–H and O–H groups in total. The fourth-order valence-electron chi connectivity index (χ4n) is 1.95. The van der Waals surface area contributed by atoms with E-state index in [1.54, 1.807) is 0 Å². The normalized spacial score (nSPS) is 13.8. The van der Waals surface area contributed by atoms with Crippen molar-refractivity contribution in [1.29, 1.82) is 0 Å². The van der Waals surface area contributed by atoms with Gasteiger partial charge >= 0.3 is 18.3 Å². The van der Waals surface area contributed by atoms with Crippen LogP contribution in [0.4, 0.5) is 0 Å². The Labute approximate surface area is 137 Å². The summed E-state index contributed by atoms with van der Waals surface area (Å²) >= 11 is 0. The van der Waals surface area contributed by atoms with E-state index in [2.05, 4.69) is 0 Å². The summed E-state index contributed by atoms with van der Waals surface area (Å²) in [6.07, 6.45) is 0.624. The lowest BCUT2D eigenvalue weighted by molar-refractivity contribution is -0.0440. The van der Waals surface area contributed by atoms with Gasteiger partial charge in [-0.25, -0.2) is 0 Å². The van der Waals surface area contributed by atoms with Crippen molar-refractivity contribution in [3.05, 3.63) is 0 Å². The fourth-order valence-corrected chi connectivity index (χ4v) is 6.54. The molecule has 0 rings (SSSR count). The third-order valence-electron chi connectivity index (χ3n) is 2.68. The Hall–Kier alpha value is 0.154. The van der Waals surface area contributed by atoms with Crippen LogP contribution in [0.15, 0.2) is 0 Å². The lowest BCUT2D eigenvalue weighted by Gasteiger charge is -2.33. The van der Waals surface area contributed by atoms with Crippen molar-refractivity contribution in [3.8, 4) is 0 Å². The van der Waals surface area contributed by atoms with E-state index in [0.29, 0.717) is 46.0 Å². The molecular weight excluding hydrogens is 322 g/mol. The standard InChI is InChI=1S/C13H33NO6Si2/c1-6-15-21(16-7-2)13(11-12-14)20-22(17-8-3,18-9-4)19-10-5/h13,21H,6-12,14H2,1-5H3. The minimum absolute atomic E-state index is 0.263. The smallest absolute Gasteiger partial charge is 0.395 e. The first-order valence-corrected chi connectivity index (χ1v) is 11.4. The second-order valence-electron chi connectivity index (χ2n) is 4.31. The first-order chi connectivity index (χ1) is 10.6. The van der Waals surface area contributed by atoms with Crippen molar-refractivity contribution >= 4 is 18.3 Å². The molecule has 7 nitrogen and oxygen atoms in total. The van der Waals surface area contributed by atoms with Gasteiger partial charge in [0.15, 0.2) is 0 Å². The quantitative estimate of drug-likeness (QED) is 0.440. The van der Waals surface area contributed by atoms with Crippen LogP contribution >= 0.6 is 0 Å². The van der Waals surface area contributed by atoms with Crippen LogP contribution in [-0.4, -0.2) is 63.6 Å². The lowest BCUT2D eigenvalue weighted by Crippen LogP contribution is -2.55. The van der Waals surface area contributed by atoms with Crippen molar-refractivity contribution in [2.45, 2.75) is 46.8 Å². The molecule has 0 bridgehead atoms. The number of nitrogens with two attached hydrogens (primary N) is 1. The predicted molar refractivity (Wildman–Crippen MR) is 89.6 cm³/mol. The van der Waals surface area contributed by atoms with Gasteiger partial charge in [0.2, 0.25) is 0 Å². The average Bonchev–Trinajstić information content (AvgIpc) is 2.47. The van der Waals surface area contributed by atoms with Crippen LogP contribution < -0.4 is 5.73 Å². The van der Waals surface area contributed by atoms with Crippen LogP contribution in [0.25, 0.3) is 0 Å². The molecule has 0 saturated heterocycles. The summed E-state index contributed by atoms with van der Waals surface area (Å²) in [5.41, 5.74) is 5.46. The van der Waals surface area contributed by atoms with Crippen molar-refractivity contribution in [1.82, 2.24) is 0 Å². The van der Waals surface area contributed by atoms with Gasteiger partial charge in [-0.15, -0.1) is 0 Å². The van der Waals surface area contributed by atoms with E-state index in [1.165, 1.54) is 0 Å². The van der Waals surface area contributed by atoms with Crippen LogP contribution in [0.1, 0.15) is 41.0 Å². The molecule has 0 heterocycles. The minimum Gasteiger partial charge on any atom is -0.395 e. The van der Waals surface area contributed by atoms with Gasteiger partial charge in [-0.3, -0.25) is 0 Å². The van der Waals surface area contributed by atoms with Crippen LogP contribution in [0.3, 0.4) is 0 Å². The highest BCUT2D eigenvalue weighted by Gasteiger charge is 2.49. The predicted octanol–water partition coefficient (Wildman–Crippen LogP) is 1.10. The zero-order valence-corrected chi connectivity index (χ0v) is 16.8. The summed E-state index contributed by atoms with van der Waals surface area (Å²) in [6, 6.07) is 0. The van der Waals surface area contributed by atoms with Crippen LogP contribution in [0, 0.1) is 0 Å². The molecule has 0 spiro atoms. The van der Waals surface area contributed by atoms with Crippen molar-refractivity contribution < 1.29 is 26.6 Å². The molecule has 1 atom stereocenters. The highest BCUT2D eigenvalue weighted by atomic mass is 28.4. The van der Waals surface area contributed by atoms with E-state index in [1.807, 2.05) is 34.6 Å². The van der Waals surface area contributed by atoms with Crippen LogP contribution in [0.2, 0.25) is 0 Å². The van der Waals surface area contributed by atoms with E-state index < -0.39 is 18.3 Å². The van der Waals surface area contributed by atoms with Gasteiger partial charge < -0.3 is 32.3 Å². The molecule has 0 aromatic rings. The molecule has 9 heteroatoms. The second kappa shape index (κ2) is 13.6. The molecule has 0 aliphatic rings. The summed E-state index contributed by atoms with van der Waals surface area (Å²) in [5.74, 6) is 0. The van der Waals surface area contributed by atoms with Crippen molar-refractivity contribution in [2.24, 2.45) is 5.73 Å². The Morgan fingerprint density at radius 2 is 1.27 bits per heavy atom. The maximum Gasteiger partial charge on any atom is 0.679 e. The first-order valence-electron chi connectivity index (χ1n) is 8.15. The van der Waals surface area contributed by atoms with E-state index in [9.17, 15) is 0 Å². The van der Waals surface area contributed by atoms with Gasteiger partial charge in [0.25, 0.3) is 0 Å². The van der Waals surface area contributed by atoms with Gasteiger partial charge in [-0.2, -0.15) is 0 Å². The van der Waals surface area contributed by atoms with Gasteiger partial charge in [0, 0.05) is 33.0 Å². The number of hydrogen-bond acceptors (Lipinski definition) is 7. The average molecular weight is 356 g/mol. The first kappa shape index (κ1) is 22.2.